The summed E-state index contributed by atoms with van der Waals surface area (Å²) < 4.78 is 17.0. The molecule has 1 unspecified atom stereocenters. The highest BCUT2D eigenvalue weighted by molar-refractivity contribution is 5.71. The predicted molar refractivity (Wildman–Crippen MR) is 136 cm³/mol. The van der Waals surface area contributed by atoms with Crippen molar-refractivity contribution in [2.24, 2.45) is 5.41 Å². The van der Waals surface area contributed by atoms with Gasteiger partial charge in [-0.05, 0) is 52.2 Å². The van der Waals surface area contributed by atoms with Crippen molar-refractivity contribution in [3.63, 3.8) is 0 Å². The molecule has 1 atom stereocenters. The lowest BCUT2D eigenvalue weighted by Gasteiger charge is -2.44. The van der Waals surface area contributed by atoms with Crippen LogP contribution < -0.4 is 4.74 Å². The SMILES string of the molecule is CCOC(=O)CC1(C(C#N)c2ccccc2OCc2ccccc2)CCN(C(=O)OC(C)(C)C)CC1. The molecule has 1 amide bonds. The minimum Gasteiger partial charge on any atom is -0.489 e. The first-order chi connectivity index (χ1) is 17.2. The number of hydrogen-bond donors (Lipinski definition) is 0. The van der Waals surface area contributed by atoms with Crippen LogP contribution in [0.3, 0.4) is 0 Å². The molecule has 1 aliphatic rings. The molecule has 1 heterocycles. The van der Waals surface area contributed by atoms with Crippen molar-refractivity contribution >= 4 is 12.1 Å². The van der Waals surface area contributed by atoms with E-state index in [0.29, 0.717) is 38.3 Å². The fourth-order valence-electron chi connectivity index (χ4n) is 4.65. The molecule has 2 aromatic carbocycles. The lowest BCUT2D eigenvalue weighted by Crippen LogP contribution is -2.47. The Labute approximate surface area is 214 Å². The summed E-state index contributed by atoms with van der Waals surface area (Å²) in [6.45, 7) is 8.68. The minimum absolute atomic E-state index is 0.0915. The smallest absolute Gasteiger partial charge is 0.410 e. The summed E-state index contributed by atoms with van der Waals surface area (Å²) in [4.78, 5) is 27.0. The Bertz CT molecular complexity index is 1060. The van der Waals surface area contributed by atoms with E-state index in [-0.39, 0.29) is 25.1 Å². The van der Waals surface area contributed by atoms with Crippen LogP contribution in [0.1, 0.15) is 64.0 Å². The highest BCUT2D eigenvalue weighted by atomic mass is 16.6. The normalized spacial score (nSPS) is 15.9. The maximum absolute atomic E-state index is 12.7. The number of hydrogen-bond acceptors (Lipinski definition) is 6. The van der Waals surface area contributed by atoms with Gasteiger partial charge in [-0.1, -0.05) is 48.5 Å². The average Bonchev–Trinajstić information content (AvgIpc) is 2.84. The molecule has 7 heteroatoms. The molecule has 7 nitrogen and oxygen atoms in total. The molecular formula is C29H36N2O5. The van der Waals surface area contributed by atoms with Gasteiger partial charge in [-0.3, -0.25) is 4.79 Å². The maximum Gasteiger partial charge on any atom is 0.410 e. The molecule has 1 fully saturated rings. The number of likely N-dealkylation sites (tertiary alicyclic amines) is 1. The third kappa shape index (κ3) is 7.00. The molecule has 1 aliphatic heterocycles. The van der Waals surface area contributed by atoms with Crippen molar-refractivity contribution in [3.8, 4) is 11.8 Å². The number of ether oxygens (including phenoxy) is 3. The largest absolute Gasteiger partial charge is 0.489 e. The molecule has 3 rings (SSSR count). The van der Waals surface area contributed by atoms with Gasteiger partial charge in [0.15, 0.2) is 0 Å². The first-order valence-electron chi connectivity index (χ1n) is 12.5. The van der Waals surface area contributed by atoms with E-state index in [1.807, 2.05) is 75.4 Å². The van der Waals surface area contributed by atoms with E-state index in [4.69, 9.17) is 14.2 Å². The Morgan fingerprint density at radius 2 is 1.69 bits per heavy atom. The number of carbonyl (C=O) groups is 2. The van der Waals surface area contributed by atoms with Gasteiger partial charge >= 0.3 is 12.1 Å². The highest BCUT2D eigenvalue weighted by Crippen LogP contribution is 2.49. The minimum atomic E-state index is -0.703. The van der Waals surface area contributed by atoms with Crippen LogP contribution in [0, 0.1) is 16.7 Å². The number of nitriles is 1. The molecule has 2 aromatic rings. The molecule has 192 valence electrons. The predicted octanol–water partition coefficient (Wildman–Crippen LogP) is 5.84. The van der Waals surface area contributed by atoms with Crippen molar-refractivity contribution in [3.05, 3.63) is 65.7 Å². The fraction of sp³-hybridized carbons (Fsp3) is 0.483. The van der Waals surface area contributed by atoms with Crippen LogP contribution >= 0.6 is 0 Å². The van der Waals surface area contributed by atoms with Gasteiger partial charge in [0.25, 0.3) is 0 Å². The van der Waals surface area contributed by atoms with Crippen molar-refractivity contribution in [2.45, 2.75) is 65.1 Å². The standard InChI is InChI=1S/C29H36N2O5/c1-5-34-26(32)19-29(15-17-31(18-16-29)27(33)36-28(2,3)4)24(20-30)23-13-9-10-14-25(23)35-21-22-11-7-6-8-12-22/h6-14,24H,5,15-19,21H2,1-4H3. The van der Waals surface area contributed by atoms with E-state index in [2.05, 4.69) is 6.07 Å². The quantitative estimate of drug-likeness (QED) is 0.430. The molecule has 0 spiro atoms. The van der Waals surface area contributed by atoms with Crippen LogP contribution in [0.2, 0.25) is 0 Å². The van der Waals surface area contributed by atoms with E-state index in [0.717, 1.165) is 11.1 Å². The summed E-state index contributed by atoms with van der Waals surface area (Å²) in [7, 11) is 0. The van der Waals surface area contributed by atoms with Crippen LogP contribution in [-0.2, 0) is 20.9 Å². The van der Waals surface area contributed by atoms with E-state index < -0.39 is 16.9 Å². The van der Waals surface area contributed by atoms with E-state index >= 15 is 0 Å². The Kier molecular flexibility index (Phi) is 8.98. The van der Waals surface area contributed by atoms with Crippen molar-refractivity contribution in [1.29, 1.82) is 5.26 Å². The summed E-state index contributed by atoms with van der Waals surface area (Å²) in [5.41, 5.74) is 0.464. The van der Waals surface area contributed by atoms with Gasteiger partial charge in [-0.15, -0.1) is 0 Å². The number of para-hydroxylation sites is 1. The van der Waals surface area contributed by atoms with E-state index in [9.17, 15) is 14.9 Å². The van der Waals surface area contributed by atoms with Crippen molar-refractivity contribution < 1.29 is 23.8 Å². The van der Waals surface area contributed by atoms with Crippen molar-refractivity contribution in [1.82, 2.24) is 4.90 Å². The Morgan fingerprint density at radius 3 is 2.31 bits per heavy atom. The lowest BCUT2D eigenvalue weighted by molar-refractivity contribution is -0.147. The Hall–Kier alpha value is -3.53. The van der Waals surface area contributed by atoms with Crippen molar-refractivity contribution in [2.75, 3.05) is 19.7 Å². The highest BCUT2D eigenvalue weighted by Gasteiger charge is 2.46. The van der Waals surface area contributed by atoms with Gasteiger partial charge in [0, 0.05) is 24.1 Å². The number of nitrogens with zero attached hydrogens (tertiary/aromatic N) is 2. The van der Waals surface area contributed by atoms with Gasteiger partial charge in [0.1, 0.15) is 18.0 Å². The summed E-state index contributed by atoms with van der Waals surface area (Å²) in [5.74, 6) is -0.341. The summed E-state index contributed by atoms with van der Waals surface area (Å²) >= 11 is 0. The number of rotatable bonds is 8. The number of amides is 1. The summed E-state index contributed by atoms with van der Waals surface area (Å²) in [6.07, 6.45) is 0.647. The number of piperidine rings is 1. The maximum atomic E-state index is 12.7. The average molecular weight is 493 g/mol. The van der Waals surface area contributed by atoms with Crippen LogP contribution in [-0.4, -0.2) is 42.3 Å². The zero-order chi connectivity index (χ0) is 26.2. The fourth-order valence-corrected chi connectivity index (χ4v) is 4.65. The third-order valence-electron chi connectivity index (χ3n) is 6.42. The third-order valence-corrected chi connectivity index (χ3v) is 6.42. The van der Waals surface area contributed by atoms with Crippen LogP contribution in [0.15, 0.2) is 54.6 Å². The van der Waals surface area contributed by atoms with Gasteiger partial charge in [0.05, 0.1) is 25.0 Å². The summed E-state index contributed by atoms with van der Waals surface area (Å²) in [6, 6.07) is 19.8. The molecule has 36 heavy (non-hydrogen) atoms. The lowest BCUT2D eigenvalue weighted by atomic mass is 9.64. The van der Waals surface area contributed by atoms with Crippen LogP contribution in [0.5, 0.6) is 5.75 Å². The first-order valence-corrected chi connectivity index (χ1v) is 12.5. The molecule has 0 aliphatic carbocycles. The zero-order valence-corrected chi connectivity index (χ0v) is 21.7. The number of carbonyl (C=O) groups excluding carboxylic acids is 2. The van der Waals surface area contributed by atoms with Crippen LogP contribution in [0.25, 0.3) is 0 Å². The molecule has 0 aromatic heterocycles. The van der Waals surface area contributed by atoms with Gasteiger partial charge in [0.2, 0.25) is 0 Å². The molecule has 1 saturated heterocycles. The van der Waals surface area contributed by atoms with Gasteiger partial charge < -0.3 is 19.1 Å². The number of esters is 1. The van der Waals surface area contributed by atoms with Gasteiger partial charge in [-0.25, -0.2) is 4.79 Å². The second kappa shape index (κ2) is 11.9. The number of benzene rings is 2. The molecular weight excluding hydrogens is 456 g/mol. The molecule has 0 radical (unpaired) electrons. The summed E-state index contributed by atoms with van der Waals surface area (Å²) in [5, 5.41) is 10.4. The Balaban J connectivity index is 1.87. The zero-order valence-electron chi connectivity index (χ0n) is 21.7. The Morgan fingerprint density at radius 1 is 1.06 bits per heavy atom. The molecule has 0 bridgehead atoms. The first kappa shape index (κ1) is 27.1. The molecule has 0 N–H and O–H groups in total. The van der Waals surface area contributed by atoms with E-state index in [1.54, 1.807) is 11.8 Å². The topological polar surface area (TPSA) is 88.9 Å². The second-order valence-electron chi connectivity index (χ2n) is 10.2. The molecule has 0 saturated carbocycles. The van der Waals surface area contributed by atoms with Gasteiger partial charge in [-0.2, -0.15) is 5.26 Å². The second-order valence-corrected chi connectivity index (χ2v) is 10.2. The van der Waals surface area contributed by atoms with E-state index in [1.165, 1.54) is 0 Å². The van der Waals surface area contributed by atoms with Crippen LogP contribution in [0.4, 0.5) is 4.79 Å². The monoisotopic (exact) mass is 492 g/mol.